The number of rotatable bonds is 4. The molecular weight excluding hydrogens is 291 g/mol. The van der Waals surface area contributed by atoms with Crippen LogP contribution in [0.5, 0.6) is 5.75 Å². The smallest absolute Gasteiger partial charge is 0.461 e. The van der Waals surface area contributed by atoms with Crippen LogP contribution in [-0.4, -0.2) is 24.1 Å². The summed E-state index contributed by atoms with van der Waals surface area (Å²) in [6.07, 6.45) is -4.78. The number of carbonyl (C=O) groups is 1. The van der Waals surface area contributed by atoms with Gasteiger partial charge in [-0.05, 0) is 19.1 Å². The molecule has 0 fully saturated rings. The van der Waals surface area contributed by atoms with Crippen molar-refractivity contribution in [3.8, 4) is 17.1 Å². The fourth-order valence-electron chi connectivity index (χ4n) is 1.56. The highest BCUT2D eigenvalue weighted by Gasteiger charge is 2.31. The maximum absolute atomic E-state index is 12.2. The lowest BCUT2D eigenvalue weighted by Crippen LogP contribution is -2.17. The molecule has 0 N–H and O–H groups in total. The Labute approximate surface area is 117 Å². The normalized spacial score (nSPS) is 11.2. The van der Waals surface area contributed by atoms with E-state index in [1.54, 1.807) is 6.92 Å². The molecule has 0 saturated carbocycles. The molecule has 8 heteroatoms. The van der Waals surface area contributed by atoms with Crippen molar-refractivity contribution < 1.29 is 32.0 Å². The van der Waals surface area contributed by atoms with Crippen molar-refractivity contribution in [2.75, 3.05) is 6.61 Å². The van der Waals surface area contributed by atoms with Crippen molar-refractivity contribution in [2.24, 2.45) is 0 Å². The Bertz CT molecular complexity index is 636. The molecule has 0 aliphatic heterocycles. The van der Waals surface area contributed by atoms with E-state index in [1.165, 1.54) is 18.2 Å². The number of esters is 1. The lowest BCUT2D eigenvalue weighted by Gasteiger charge is -2.08. The molecule has 0 amide bonds. The van der Waals surface area contributed by atoms with Gasteiger partial charge in [-0.15, -0.1) is 13.2 Å². The first-order valence-electron chi connectivity index (χ1n) is 5.89. The van der Waals surface area contributed by atoms with Gasteiger partial charge in [0.1, 0.15) is 5.75 Å². The molecule has 0 saturated heterocycles. The predicted octanol–water partition coefficient (Wildman–Crippen LogP) is 3.42. The third-order valence-corrected chi connectivity index (χ3v) is 2.35. The zero-order valence-electron chi connectivity index (χ0n) is 10.8. The summed E-state index contributed by atoms with van der Waals surface area (Å²) in [7, 11) is 0. The molecule has 5 nitrogen and oxygen atoms in total. The monoisotopic (exact) mass is 301 g/mol. The van der Waals surface area contributed by atoms with Gasteiger partial charge >= 0.3 is 12.3 Å². The van der Waals surface area contributed by atoms with E-state index in [-0.39, 0.29) is 18.1 Å². The summed E-state index contributed by atoms with van der Waals surface area (Å²) >= 11 is 0. The van der Waals surface area contributed by atoms with E-state index in [9.17, 15) is 18.0 Å². The standard InChI is InChI=1S/C13H10F3NO4/c1-2-19-12(18)10-7-11(21-17-10)8-4-3-5-9(6-8)20-13(14,15)16/h3-7H,2H2,1H3. The summed E-state index contributed by atoms with van der Waals surface area (Å²) in [5.74, 6) is -0.935. The van der Waals surface area contributed by atoms with Gasteiger partial charge in [0.25, 0.3) is 0 Å². The Morgan fingerprint density at radius 2 is 2.10 bits per heavy atom. The Morgan fingerprint density at radius 1 is 1.33 bits per heavy atom. The number of halogens is 3. The second kappa shape index (κ2) is 5.86. The molecule has 0 atom stereocenters. The first kappa shape index (κ1) is 14.9. The van der Waals surface area contributed by atoms with Gasteiger partial charge < -0.3 is 14.0 Å². The van der Waals surface area contributed by atoms with Crippen LogP contribution in [0.4, 0.5) is 13.2 Å². The zero-order valence-corrected chi connectivity index (χ0v) is 10.8. The van der Waals surface area contributed by atoms with Gasteiger partial charge in [-0.25, -0.2) is 4.79 Å². The highest BCUT2D eigenvalue weighted by atomic mass is 19.4. The minimum Gasteiger partial charge on any atom is -0.461 e. The van der Waals surface area contributed by atoms with Gasteiger partial charge in [0.15, 0.2) is 11.5 Å². The molecule has 21 heavy (non-hydrogen) atoms. The van der Waals surface area contributed by atoms with E-state index in [4.69, 9.17) is 9.26 Å². The van der Waals surface area contributed by atoms with E-state index in [1.807, 2.05) is 0 Å². The molecule has 1 heterocycles. The number of nitrogens with zero attached hydrogens (tertiary/aromatic N) is 1. The van der Waals surface area contributed by atoms with Gasteiger partial charge in [0, 0.05) is 11.6 Å². The molecule has 2 aromatic rings. The lowest BCUT2D eigenvalue weighted by atomic mass is 10.1. The van der Waals surface area contributed by atoms with Crippen LogP contribution in [0, 0.1) is 0 Å². The Kier molecular flexibility index (Phi) is 4.15. The summed E-state index contributed by atoms with van der Waals surface area (Å²) in [5, 5.41) is 3.50. The van der Waals surface area contributed by atoms with Crippen molar-refractivity contribution >= 4 is 5.97 Å². The van der Waals surface area contributed by atoms with E-state index < -0.39 is 18.1 Å². The van der Waals surface area contributed by atoms with E-state index in [0.29, 0.717) is 5.56 Å². The fraction of sp³-hybridized carbons (Fsp3) is 0.231. The van der Waals surface area contributed by atoms with Crippen LogP contribution in [0.15, 0.2) is 34.9 Å². The molecule has 2 rings (SSSR count). The third-order valence-electron chi connectivity index (χ3n) is 2.35. The average molecular weight is 301 g/mol. The first-order chi connectivity index (χ1) is 9.89. The predicted molar refractivity (Wildman–Crippen MR) is 64.6 cm³/mol. The number of aromatic nitrogens is 1. The third kappa shape index (κ3) is 3.98. The summed E-state index contributed by atoms with van der Waals surface area (Å²) in [5.41, 5.74) is 0.230. The molecule has 112 valence electrons. The van der Waals surface area contributed by atoms with Gasteiger partial charge in [-0.2, -0.15) is 0 Å². The Balaban J connectivity index is 2.22. The summed E-state index contributed by atoms with van der Waals surface area (Å²) < 4.78 is 49.9. The highest BCUT2D eigenvalue weighted by Crippen LogP contribution is 2.28. The minimum atomic E-state index is -4.78. The van der Waals surface area contributed by atoms with Crippen molar-refractivity contribution in [3.05, 3.63) is 36.0 Å². The van der Waals surface area contributed by atoms with E-state index in [2.05, 4.69) is 9.89 Å². The second-order valence-electron chi connectivity index (χ2n) is 3.87. The molecule has 0 spiro atoms. The van der Waals surface area contributed by atoms with Crippen LogP contribution in [0.1, 0.15) is 17.4 Å². The number of benzene rings is 1. The molecule has 0 unspecified atom stereocenters. The molecule has 1 aromatic carbocycles. The average Bonchev–Trinajstić information content (AvgIpc) is 2.87. The van der Waals surface area contributed by atoms with Gasteiger partial charge in [0.05, 0.1) is 6.61 Å². The molecule has 0 aliphatic carbocycles. The summed E-state index contributed by atoms with van der Waals surface area (Å²) in [6.45, 7) is 1.81. The lowest BCUT2D eigenvalue weighted by molar-refractivity contribution is -0.274. The summed E-state index contributed by atoms with van der Waals surface area (Å²) in [6, 6.07) is 6.43. The van der Waals surface area contributed by atoms with E-state index >= 15 is 0 Å². The topological polar surface area (TPSA) is 61.6 Å². The number of carbonyl (C=O) groups excluding carboxylic acids is 1. The van der Waals surface area contributed by atoms with Crippen molar-refractivity contribution in [1.82, 2.24) is 5.16 Å². The van der Waals surface area contributed by atoms with Gasteiger partial charge in [-0.1, -0.05) is 17.3 Å². The number of hydrogen-bond donors (Lipinski definition) is 0. The minimum absolute atomic E-state index is 0.0611. The first-order valence-corrected chi connectivity index (χ1v) is 5.89. The zero-order chi connectivity index (χ0) is 15.5. The van der Waals surface area contributed by atoms with Crippen molar-refractivity contribution in [1.29, 1.82) is 0 Å². The van der Waals surface area contributed by atoms with Crippen LogP contribution >= 0.6 is 0 Å². The molecule has 0 radical (unpaired) electrons. The van der Waals surface area contributed by atoms with Crippen LogP contribution in [0.3, 0.4) is 0 Å². The van der Waals surface area contributed by atoms with Crippen LogP contribution in [0.25, 0.3) is 11.3 Å². The quantitative estimate of drug-likeness (QED) is 0.810. The van der Waals surface area contributed by atoms with E-state index in [0.717, 1.165) is 12.1 Å². The van der Waals surface area contributed by atoms with Gasteiger partial charge in [-0.3, -0.25) is 0 Å². The number of ether oxygens (including phenoxy) is 2. The van der Waals surface area contributed by atoms with Crippen molar-refractivity contribution in [3.63, 3.8) is 0 Å². The summed E-state index contributed by atoms with van der Waals surface area (Å²) in [4.78, 5) is 11.4. The maximum atomic E-state index is 12.2. The van der Waals surface area contributed by atoms with Crippen molar-refractivity contribution in [2.45, 2.75) is 13.3 Å². The Hall–Kier alpha value is -2.51. The largest absolute Gasteiger partial charge is 0.573 e. The number of alkyl halides is 3. The molecule has 1 aromatic heterocycles. The van der Waals surface area contributed by atoms with Gasteiger partial charge in [0.2, 0.25) is 0 Å². The van der Waals surface area contributed by atoms with Crippen LogP contribution < -0.4 is 4.74 Å². The molecular formula is C13H10F3NO4. The highest BCUT2D eigenvalue weighted by molar-refractivity contribution is 5.88. The molecule has 0 aliphatic rings. The SMILES string of the molecule is CCOC(=O)c1cc(-c2cccc(OC(F)(F)F)c2)on1. The van der Waals surface area contributed by atoms with Crippen LogP contribution in [-0.2, 0) is 4.74 Å². The molecule has 0 bridgehead atoms. The second-order valence-corrected chi connectivity index (χ2v) is 3.87. The fourth-order valence-corrected chi connectivity index (χ4v) is 1.56. The van der Waals surface area contributed by atoms with Crippen LogP contribution in [0.2, 0.25) is 0 Å². The maximum Gasteiger partial charge on any atom is 0.573 e. The Morgan fingerprint density at radius 3 is 2.76 bits per heavy atom. The number of hydrogen-bond acceptors (Lipinski definition) is 5.